The van der Waals surface area contributed by atoms with Gasteiger partial charge in [-0.3, -0.25) is 0 Å². The van der Waals surface area contributed by atoms with Gasteiger partial charge in [0.2, 0.25) is 10.0 Å². The molecule has 0 radical (unpaired) electrons. The first-order valence-corrected chi connectivity index (χ1v) is 8.93. The van der Waals surface area contributed by atoms with E-state index in [-0.39, 0.29) is 10.6 Å². The topological polar surface area (TPSA) is 84.2 Å². The van der Waals surface area contributed by atoms with Gasteiger partial charge in [-0.1, -0.05) is 26.7 Å². The van der Waals surface area contributed by atoms with E-state index in [1.165, 1.54) is 19.9 Å². The summed E-state index contributed by atoms with van der Waals surface area (Å²) in [4.78, 5) is 0.126. The summed E-state index contributed by atoms with van der Waals surface area (Å²) in [6, 6.07) is 5.46. The minimum Gasteiger partial charge on any atom is -0.398 e. The minimum atomic E-state index is -3.50. The maximum Gasteiger partial charge on any atom is 0.242 e. The van der Waals surface area contributed by atoms with Crippen LogP contribution in [0.5, 0.6) is 0 Å². The molecule has 0 aromatic heterocycles. The Morgan fingerprint density at radius 1 is 1.24 bits per heavy atom. The van der Waals surface area contributed by atoms with Crippen LogP contribution in [0.15, 0.2) is 23.1 Å². The third-order valence-corrected chi connectivity index (χ3v) is 6.12. The van der Waals surface area contributed by atoms with Gasteiger partial charge in [0.1, 0.15) is 4.90 Å². The van der Waals surface area contributed by atoms with E-state index in [4.69, 9.17) is 5.73 Å². The molecule has 3 atom stereocenters. The van der Waals surface area contributed by atoms with E-state index in [9.17, 15) is 8.42 Å². The lowest BCUT2D eigenvalue weighted by Gasteiger charge is -2.35. The molecule has 4 N–H and O–H groups in total. The van der Waals surface area contributed by atoms with Crippen molar-refractivity contribution in [3.63, 3.8) is 0 Å². The summed E-state index contributed by atoms with van der Waals surface area (Å²) >= 11 is 0. The largest absolute Gasteiger partial charge is 0.398 e. The normalized spacial score (nSPS) is 26.5. The Morgan fingerprint density at radius 3 is 2.57 bits per heavy atom. The van der Waals surface area contributed by atoms with Crippen molar-refractivity contribution in [2.24, 2.45) is 11.8 Å². The standard InChI is InChI=1S/C15H25N3O2S/c1-10-5-4-6-14(11(10)2)18-12-7-8-15(13(16)9-12)21(19,20)17-3/h7-11,14,17-18H,4-6,16H2,1-3H3. The molecule has 2 rings (SSSR count). The molecule has 21 heavy (non-hydrogen) atoms. The summed E-state index contributed by atoms with van der Waals surface area (Å²) in [5, 5.41) is 3.50. The first-order valence-electron chi connectivity index (χ1n) is 7.44. The fourth-order valence-electron chi connectivity index (χ4n) is 2.99. The molecule has 0 aliphatic heterocycles. The number of rotatable bonds is 4. The quantitative estimate of drug-likeness (QED) is 0.746. The molecule has 1 aliphatic carbocycles. The van der Waals surface area contributed by atoms with Crippen molar-refractivity contribution in [1.82, 2.24) is 4.72 Å². The van der Waals surface area contributed by atoms with Crippen LogP contribution in [0.1, 0.15) is 33.1 Å². The Bertz CT molecular complexity index is 601. The summed E-state index contributed by atoms with van der Waals surface area (Å²) in [7, 11) is -2.12. The minimum absolute atomic E-state index is 0.126. The van der Waals surface area contributed by atoms with Crippen LogP contribution in [0.2, 0.25) is 0 Å². The van der Waals surface area contributed by atoms with Crippen molar-refractivity contribution in [2.45, 2.75) is 44.0 Å². The van der Waals surface area contributed by atoms with Crippen LogP contribution in [0.3, 0.4) is 0 Å². The fourth-order valence-corrected chi connectivity index (χ4v) is 3.83. The van der Waals surface area contributed by atoms with Crippen LogP contribution in [0.4, 0.5) is 11.4 Å². The van der Waals surface area contributed by atoms with E-state index < -0.39 is 10.0 Å². The van der Waals surface area contributed by atoms with E-state index in [0.29, 0.717) is 17.9 Å². The monoisotopic (exact) mass is 311 g/mol. The maximum absolute atomic E-state index is 11.8. The van der Waals surface area contributed by atoms with Crippen molar-refractivity contribution in [1.29, 1.82) is 0 Å². The Hall–Kier alpha value is -1.27. The second-order valence-corrected chi connectivity index (χ2v) is 7.83. The molecular weight excluding hydrogens is 286 g/mol. The number of sulfonamides is 1. The predicted molar refractivity (Wildman–Crippen MR) is 86.7 cm³/mol. The Labute approximate surface area is 127 Å². The smallest absolute Gasteiger partial charge is 0.242 e. The molecular formula is C15H25N3O2S. The molecule has 1 aliphatic rings. The number of nitrogens with two attached hydrogens (primary N) is 1. The van der Waals surface area contributed by atoms with E-state index in [1.807, 2.05) is 0 Å². The van der Waals surface area contributed by atoms with E-state index in [2.05, 4.69) is 23.9 Å². The van der Waals surface area contributed by atoms with Gasteiger partial charge in [0, 0.05) is 11.7 Å². The molecule has 1 aromatic rings. The van der Waals surface area contributed by atoms with Crippen LogP contribution in [-0.4, -0.2) is 21.5 Å². The second-order valence-electron chi connectivity index (χ2n) is 5.98. The Kier molecular flexibility index (Phi) is 4.78. The molecule has 0 spiro atoms. The van der Waals surface area contributed by atoms with Gasteiger partial charge < -0.3 is 11.1 Å². The highest BCUT2D eigenvalue weighted by Crippen LogP contribution is 2.32. The van der Waals surface area contributed by atoms with Gasteiger partial charge in [0.05, 0.1) is 5.69 Å². The number of benzene rings is 1. The zero-order valence-electron chi connectivity index (χ0n) is 12.9. The summed E-state index contributed by atoms with van der Waals surface area (Å²) in [5.41, 5.74) is 7.04. The third-order valence-electron chi connectivity index (χ3n) is 4.63. The van der Waals surface area contributed by atoms with Gasteiger partial charge in [-0.15, -0.1) is 0 Å². The highest BCUT2D eigenvalue weighted by Gasteiger charge is 2.27. The number of nitrogen functional groups attached to an aromatic ring is 1. The van der Waals surface area contributed by atoms with Crippen LogP contribution in [0, 0.1) is 11.8 Å². The van der Waals surface area contributed by atoms with Crippen LogP contribution >= 0.6 is 0 Å². The van der Waals surface area contributed by atoms with Gasteiger partial charge in [0.25, 0.3) is 0 Å². The number of nitrogens with one attached hydrogen (secondary N) is 2. The lowest BCUT2D eigenvalue weighted by molar-refractivity contribution is 0.253. The summed E-state index contributed by atoms with van der Waals surface area (Å²) in [6.07, 6.45) is 3.65. The van der Waals surface area contributed by atoms with Gasteiger partial charge in [-0.05, 0) is 43.5 Å². The molecule has 0 amide bonds. The Balaban J connectivity index is 2.17. The Morgan fingerprint density at radius 2 is 1.95 bits per heavy atom. The average molecular weight is 311 g/mol. The van der Waals surface area contributed by atoms with Gasteiger partial charge in [-0.25, -0.2) is 13.1 Å². The molecule has 0 bridgehead atoms. The van der Waals surface area contributed by atoms with Gasteiger partial charge in [-0.2, -0.15) is 0 Å². The van der Waals surface area contributed by atoms with Crippen LogP contribution in [0.25, 0.3) is 0 Å². The van der Waals surface area contributed by atoms with Crippen molar-refractivity contribution in [3.05, 3.63) is 18.2 Å². The molecule has 1 fully saturated rings. The van der Waals surface area contributed by atoms with E-state index in [1.54, 1.807) is 18.2 Å². The highest BCUT2D eigenvalue weighted by atomic mass is 32.2. The zero-order chi connectivity index (χ0) is 15.6. The van der Waals surface area contributed by atoms with Crippen LogP contribution in [-0.2, 0) is 10.0 Å². The maximum atomic E-state index is 11.8. The van der Waals surface area contributed by atoms with Crippen LogP contribution < -0.4 is 15.8 Å². The summed E-state index contributed by atoms with van der Waals surface area (Å²) < 4.78 is 25.9. The summed E-state index contributed by atoms with van der Waals surface area (Å²) in [6.45, 7) is 4.56. The summed E-state index contributed by atoms with van der Waals surface area (Å²) in [5.74, 6) is 1.30. The van der Waals surface area contributed by atoms with Crippen molar-refractivity contribution < 1.29 is 8.42 Å². The van der Waals surface area contributed by atoms with Crippen molar-refractivity contribution >= 4 is 21.4 Å². The zero-order valence-corrected chi connectivity index (χ0v) is 13.7. The molecule has 118 valence electrons. The van der Waals surface area contributed by atoms with Gasteiger partial charge in [0.15, 0.2) is 0 Å². The van der Waals surface area contributed by atoms with E-state index in [0.717, 1.165) is 12.1 Å². The lowest BCUT2D eigenvalue weighted by atomic mass is 9.78. The van der Waals surface area contributed by atoms with Crippen molar-refractivity contribution in [2.75, 3.05) is 18.1 Å². The molecule has 5 nitrogen and oxygen atoms in total. The lowest BCUT2D eigenvalue weighted by Crippen LogP contribution is -2.35. The molecule has 0 heterocycles. The number of hydrogen-bond donors (Lipinski definition) is 3. The predicted octanol–water partition coefficient (Wildman–Crippen LogP) is 2.41. The molecule has 1 aromatic carbocycles. The molecule has 3 unspecified atom stereocenters. The SMILES string of the molecule is CNS(=O)(=O)c1ccc(NC2CCCC(C)C2C)cc1N. The second kappa shape index (κ2) is 6.23. The fraction of sp³-hybridized carbons (Fsp3) is 0.600. The third kappa shape index (κ3) is 3.49. The first kappa shape index (κ1) is 16.1. The van der Waals surface area contributed by atoms with Crippen molar-refractivity contribution in [3.8, 4) is 0 Å². The average Bonchev–Trinajstić information content (AvgIpc) is 2.44. The van der Waals surface area contributed by atoms with Gasteiger partial charge >= 0.3 is 0 Å². The number of hydrogen-bond acceptors (Lipinski definition) is 4. The molecule has 0 saturated heterocycles. The molecule has 1 saturated carbocycles. The number of anilines is 2. The van der Waals surface area contributed by atoms with E-state index >= 15 is 0 Å². The first-order chi connectivity index (χ1) is 9.85. The molecule has 6 heteroatoms. The highest BCUT2D eigenvalue weighted by molar-refractivity contribution is 7.89.